The summed E-state index contributed by atoms with van der Waals surface area (Å²) in [5, 5.41) is 0. The van der Waals surface area contributed by atoms with Crippen molar-refractivity contribution in [3.05, 3.63) is 0 Å². The first-order valence-corrected chi connectivity index (χ1v) is 11.4. The van der Waals surface area contributed by atoms with Crippen LogP contribution in [0.2, 0.25) is 8.97 Å². The Bertz CT molecular complexity index is 43.3. The molecule has 0 atom stereocenters. The summed E-state index contributed by atoms with van der Waals surface area (Å²) in [4.78, 5) is 0. The molecule has 0 radical (unpaired) electrons. The van der Waals surface area contributed by atoms with Crippen LogP contribution in [0.15, 0.2) is 0 Å². The molecule has 0 saturated carbocycles. The third kappa shape index (κ3) is 312. The number of hydrogen-bond donors (Lipinski definition) is 0. The molecule has 0 aromatic heterocycles. The maximum absolute atomic E-state index is 8.40. The van der Waals surface area contributed by atoms with E-state index in [0.717, 1.165) is 0 Å². The van der Waals surface area contributed by atoms with Crippen LogP contribution in [0.4, 0.5) is 0 Å². The van der Waals surface area contributed by atoms with Crippen LogP contribution in [0, 0.1) is 0 Å². The Labute approximate surface area is 67.9 Å². The van der Waals surface area contributed by atoms with Gasteiger partial charge in [-0.2, -0.15) is 0 Å². The standard InChI is InChI=1S/2CH4.2CH3.H2O2S.Tl/c;;;;1-3-2;/h2*1H4;2*1H3;3H2;. The predicted octanol–water partition coefficient (Wildman–Crippen LogP) is 0.853. The second-order valence-electron chi connectivity index (χ2n) is 0.661. The van der Waals surface area contributed by atoms with Crippen molar-refractivity contribution in [3.63, 3.8) is 0 Å². The van der Waals surface area contributed by atoms with Gasteiger partial charge in [-0.05, 0) is 0 Å². The predicted molar refractivity (Wildman–Crippen MR) is 42.7 cm³/mol. The van der Waals surface area contributed by atoms with E-state index in [1.54, 1.807) is 0 Å². The fraction of sp³-hybridized carbons (Fsp3) is 1.00. The number of rotatable bonds is 0. The fourth-order valence-electron chi connectivity index (χ4n) is 0. The van der Waals surface area contributed by atoms with E-state index in [4.69, 9.17) is 8.42 Å². The summed E-state index contributed by atoms with van der Waals surface area (Å²) in [6, 6.07) is 0. The van der Waals surface area contributed by atoms with E-state index in [-0.39, 0.29) is 39.1 Å². The number of hydrogen-bond acceptors (Lipinski definition) is 2. The molecule has 53 valence electrons. The average Bonchev–Trinajstić information content (AvgIpc) is 1.39. The third-order valence-corrected chi connectivity index (χ3v) is 0. The summed E-state index contributed by atoms with van der Waals surface area (Å²) in [6.45, 7) is 0. The van der Waals surface area contributed by atoms with Gasteiger partial charge in [0.2, 0.25) is 0 Å². The first-order chi connectivity index (χ1) is 2.83. The van der Waals surface area contributed by atoms with Crippen LogP contribution < -0.4 is 0 Å². The zero-order chi connectivity index (χ0) is 5.41. The van der Waals surface area contributed by atoms with Gasteiger partial charge in [0, 0.05) is 0 Å². The molecule has 2 nitrogen and oxygen atoms in total. The normalized spacial score (nSPS) is 3.25. The molecule has 8 heavy (non-hydrogen) atoms. The molecule has 0 amide bonds. The first-order valence-electron chi connectivity index (χ1n) is 1.56. The quantitative estimate of drug-likeness (QED) is 0.617. The second-order valence-corrected chi connectivity index (χ2v) is 5.32. The van der Waals surface area contributed by atoms with Crippen molar-refractivity contribution in [2.45, 2.75) is 23.8 Å². The van der Waals surface area contributed by atoms with Gasteiger partial charge in [0.15, 0.2) is 0 Å². The molecule has 0 aliphatic carbocycles. The van der Waals surface area contributed by atoms with Crippen LogP contribution >= 0.6 is 0 Å². The molecule has 0 spiro atoms. The van der Waals surface area contributed by atoms with E-state index >= 15 is 0 Å². The van der Waals surface area contributed by atoms with Crippen LogP contribution in [0.25, 0.3) is 0 Å². The molecule has 0 unspecified atom stereocenters. The molecule has 0 fully saturated rings. The van der Waals surface area contributed by atoms with Crippen molar-refractivity contribution >= 4 is 35.8 Å². The van der Waals surface area contributed by atoms with Gasteiger partial charge in [0.1, 0.15) is 11.6 Å². The molecule has 0 rings (SSSR count). The summed E-state index contributed by atoms with van der Waals surface area (Å²) < 4.78 is 21.5. The minimum atomic E-state index is -1.42. The van der Waals surface area contributed by atoms with Gasteiger partial charge < -0.3 is 0 Å². The summed E-state index contributed by atoms with van der Waals surface area (Å²) in [5.41, 5.74) is 0. The summed E-state index contributed by atoms with van der Waals surface area (Å²) in [5.74, 6) is 0. The molecule has 0 N–H and O–H groups in total. The van der Waals surface area contributed by atoms with Gasteiger partial charge in [-0.25, -0.2) is 8.42 Å². The molecular formula is C4H16O2STl. The summed E-state index contributed by atoms with van der Waals surface area (Å²) >= 11 is -1.42. The van der Waals surface area contributed by atoms with Crippen molar-refractivity contribution in [3.8, 4) is 0 Å². The molecule has 4 heteroatoms. The van der Waals surface area contributed by atoms with Gasteiger partial charge in [-0.15, -0.1) is 0 Å². The second kappa shape index (κ2) is 45.1. The van der Waals surface area contributed by atoms with E-state index in [1.165, 1.54) is 0 Å². The Hall–Kier alpha value is 0.872. The topological polar surface area (TPSA) is 34.1 Å². The van der Waals surface area contributed by atoms with E-state index in [2.05, 4.69) is 8.97 Å². The molecule has 0 aliphatic heterocycles. The minimum absolute atomic E-state index is 0. The molecule has 0 heterocycles. The molecule has 0 saturated heterocycles. The van der Waals surface area contributed by atoms with E-state index in [9.17, 15) is 0 Å². The molecule has 0 aromatic carbocycles. The van der Waals surface area contributed by atoms with E-state index in [0.29, 0.717) is 0 Å². The third-order valence-electron chi connectivity index (χ3n) is 0. The molecule has 0 bridgehead atoms. The first kappa shape index (κ1) is 23.2. The summed E-state index contributed by atoms with van der Waals surface area (Å²) in [6.07, 6.45) is 0. The van der Waals surface area contributed by atoms with Crippen LogP contribution in [0.5, 0.6) is 0 Å². The SMILES string of the molecule is C.C.O=[SH2]=O.[CH3][Tl][CH3]. The van der Waals surface area contributed by atoms with Crippen molar-refractivity contribution in [1.29, 1.82) is 0 Å². The van der Waals surface area contributed by atoms with Crippen LogP contribution in [-0.2, 0) is 11.6 Å². The van der Waals surface area contributed by atoms with Gasteiger partial charge in [0.05, 0.1) is 0 Å². The van der Waals surface area contributed by atoms with Crippen LogP contribution in [0.1, 0.15) is 14.9 Å². The van der Waals surface area contributed by atoms with E-state index in [1.807, 2.05) is 0 Å². The Kier molecular flexibility index (Phi) is 130. The van der Waals surface area contributed by atoms with Gasteiger partial charge in [-0.1, -0.05) is 14.9 Å². The van der Waals surface area contributed by atoms with Crippen molar-refractivity contribution in [2.75, 3.05) is 0 Å². The molecular weight excluding hydrogens is 316 g/mol. The van der Waals surface area contributed by atoms with Gasteiger partial charge in [-0.3, -0.25) is 0 Å². The Balaban J connectivity index is -0.0000000160. The zero-order valence-electron chi connectivity index (χ0n) is 3.89. The van der Waals surface area contributed by atoms with Gasteiger partial charge in [0.25, 0.3) is 0 Å². The molecule has 0 aromatic rings. The molecule has 0 aliphatic rings. The maximum atomic E-state index is 8.40. The zero-order valence-corrected chi connectivity index (χ0v) is 9.38. The van der Waals surface area contributed by atoms with Crippen molar-refractivity contribution < 1.29 is 8.42 Å². The monoisotopic (exact) mass is 333 g/mol. The summed E-state index contributed by atoms with van der Waals surface area (Å²) in [7, 11) is 0. The fourth-order valence-corrected chi connectivity index (χ4v) is 0. The average molecular weight is 333 g/mol. The van der Waals surface area contributed by atoms with Crippen LogP contribution in [0.3, 0.4) is 0 Å². The van der Waals surface area contributed by atoms with Crippen LogP contribution in [-0.4, -0.2) is 32.7 Å². The Morgan fingerprint density at radius 1 is 1.12 bits per heavy atom. The van der Waals surface area contributed by atoms with Crippen molar-refractivity contribution in [1.82, 2.24) is 0 Å². The van der Waals surface area contributed by atoms with Gasteiger partial charge >= 0.3 is 33.2 Å². The van der Waals surface area contributed by atoms with Crippen molar-refractivity contribution in [2.24, 2.45) is 0 Å². The Morgan fingerprint density at radius 3 is 1.12 bits per heavy atom. The van der Waals surface area contributed by atoms with E-state index < -0.39 is 11.6 Å². The Morgan fingerprint density at radius 2 is 1.12 bits per heavy atom.